The molecule has 3 rings (SSSR count). The molecule has 0 bridgehead atoms. The molecule has 1 aromatic heterocycles. The minimum atomic E-state index is -0.607. The van der Waals surface area contributed by atoms with Crippen LogP contribution in [0, 0.1) is 10.1 Å². The highest BCUT2D eigenvalue weighted by molar-refractivity contribution is 5.97. The third-order valence-corrected chi connectivity index (χ3v) is 3.98. The summed E-state index contributed by atoms with van der Waals surface area (Å²) in [5.41, 5.74) is 3.57. The molecule has 148 valence electrons. The van der Waals surface area contributed by atoms with E-state index < -0.39 is 10.8 Å². The SMILES string of the molecule is COc1ccc(/C=N/NC(=O)c2ccccc2[O-])cc1Cn1cc([N+](=O)[O-])cn1. The minimum absolute atomic E-state index is 0.000321. The Morgan fingerprint density at radius 1 is 1.34 bits per heavy atom. The normalized spacial score (nSPS) is 10.8. The topological polar surface area (TPSA) is 135 Å². The number of ether oxygens (including phenoxy) is 1. The Kier molecular flexibility index (Phi) is 5.83. The van der Waals surface area contributed by atoms with Crippen LogP contribution in [-0.4, -0.2) is 33.9 Å². The van der Waals surface area contributed by atoms with Crippen LogP contribution in [0.4, 0.5) is 5.69 Å². The molecule has 0 saturated carbocycles. The molecule has 0 atom stereocenters. The number of hydrogen-bond donors (Lipinski definition) is 1. The summed E-state index contributed by atoms with van der Waals surface area (Å²) < 4.78 is 6.74. The summed E-state index contributed by atoms with van der Waals surface area (Å²) in [6, 6.07) is 11.1. The van der Waals surface area contributed by atoms with Gasteiger partial charge in [-0.1, -0.05) is 30.0 Å². The van der Waals surface area contributed by atoms with Crippen molar-refractivity contribution in [2.24, 2.45) is 5.10 Å². The summed E-state index contributed by atoms with van der Waals surface area (Å²) in [7, 11) is 1.51. The number of hydrazone groups is 1. The number of para-hydroxylation sites is 1. The standard InChI is InChI=1S/C19H17N5O5/c1-29-18-7-6-13(8-14(18)11-23-12-15(10-21-23)24(27)28)9-20-22-19(26)16-4-2-3-5-17(16)25/h2-10,12,25H,11H2,1H3,(H,22,26)/p-1/b20-9+. The third kappa shape index (κ3) is 4.75. The maximum Gasteiger partial charge on any atom is 0.307 e. The van der Waals surface area contributed by atoms with Crippen LogP contribution < -0.4 is 15.3 Å². The monoisotopic (exact) mass is 394 g/mol. The summed E-state index contributed by atoms with van der Waals surface area (Å²) in [4.78, 5) is 22.3. The van der Waals surface area contributed by atoms with E-state index in [-0.39, 0.29) is 23.5 Å². The first kappa shape index (κ1) is 19.5. The second-order valence-electron chi connectivity index (χ2n) is 5.92. The summed E-state index contributed by atoms with van der Waals surface area (Å²) in [6.07, 6.45) is 3.90. The number of nitrogens with one attached hydrogen (secondary N) is 1. The van der Waals surface area contributed by atoms with E-state index >= 15 is 0 Å². The van der Waals surface area contributed by atoms with Crippen molar-refractivity contribution in [3.8, 4) is 11.5 Å². The molecule has 0 aliphatic carbocycles. The lowest BCUT2D eigenvalue weighted by Crippen LogP contribution is -2.19. The van der Waals surface area contributed by atoms with Crippen molar-refractivity contribution in [3.63, 3.8) is 0 Å². The molecule has 29 heavy (non-hydrogen) atoms. The van der Waals surface area contributed by atoms with Gasteiger partial charge in [-0.05, 0) is 23.8 Å². The number of carbonyl (C=O) groups is 1. The Morgan fingerprint density at radius 2 is 2.14 bits per heavy atom. The van der Waals surface area contributed by atoms with Crippen LogP contribution in [-0.2, 0) is 6.54 Å². The van der Waals surface area contributed by atoms with E-state index in [4.69, 9.17) is 4.74 Å². The van der Waals surface area contributed by atoms with Crippen LogP contribution in [0.2, 0.25) is 0 Å². The Balaban J connectivity index is 1.73. The smallest absolute Gasteiger partial charge is 0.307 e. The van der Waals surface area contributed by atoms with E-state index in [0.29, 0.717) is 16.9 Å². The van der Waals surface area contributed by atoms with Gasteiger partial charge in [-0.3, -0.25) is 19.6 Å². The van der Waals surface area contributed by atoms with Crippen LogP contribution in [0.5, 0.6) is 11.5 Å². The average Bonchev–Trinajstić information content (AvgIpc) is 3.17. The largest absolute Gasteiger partial charge is 0.872 e. The molecule has 0 aliphatic rings. The van der Waals surface area contributed by atoms with Gasteiger partial charge in [0, 0.05) is 11.1 Å². The zero-order valence-corrected chi connectivity index (χ0v) is 15.3. The summed E-state index contributed by atoms with van der Waals surface area (Å²) in [6.45, 7) is 0.245. The molecule has 1 heterocycles. The van der Waals surface area contributed by atoms with E-state index in [0.717, 1.165) is 0 Å². The average molecular weight is 394 g/mol. The van der Waals surface area contributed by atoms with Gasteiger partial charge in [-0.15, -0.1) is 0 Å². The minimum Gasteiger partial charge on any atom is -0.872 e. The number of methoxy groups -OCH3 is 1. The van der Waals surface area contributed by atoms with Crippen molar-refractivity contribution in [2.75, 3.05) is 7.11 Å². The zero-order chi connectivity index (χ0) is 20.8. The van der Waals surface area contributed by atoms with Crippen molar-refractivity contribution < 1.29 is 19.6 Å². The Bertz CT molecular complexity index is 1080. The van der Waals surface area contributed by atoms with Gasteiger partial charge in [0.15, 0.2) is 0 Å². The molecule has 10 nitrogen and oxygen atoms in total. The first-order valence-corrected chi connectivity index (χ1v) is 8.41. The van der Waals surface area contributed by atoms with Crippen molar-refractivity contribution in [1.82, 2.24) is 15.2 Å². The van der Waals surface area contributed by atoms with Gasteiger partial charge in [0.1, 0.15) is 18.1 Å². The Morgan fingerprint density at radius 3 is 2.83 bits per heavy atom. The summed E-state index contributed by atoms with van der Waals surface area (Å²) >= 11 is 0. The first-order chi connectivity index (χ1) is 14.0. The van der Waals surface area contributed by atoms with Crippen LogP contribution in [0.25, 0.3) is 0 Å². The molecule has 0 unspecified atom stereocenters. The van der Waals surface area contributed by atoms with E-state index in [1.54, 1.807) is 30.3 Å². The molecular weight excluding hydrogens is 378 g/mol. The molecule has 0 fully saturated rings. The molecule has 10 heteroatoms. The van der Waals surface area contributed by atoms with E-state index in [1.165, 1.54) is 42.5 Å². The van der Waals surface area contributed by atoms with Crippen molar-refractivity contribution in [2.45, 2.75) is 6.54 Å². The predicted octanol–water partition coefficient (Wildman–Crippen LogP) is 1.69. The summed E-state index contributed by atoms with van der Waals surface area (Å²) in [5.74, 6) is -0.422. The van der Waals surface area contributed by atoms with Crippen LogP contribution in [0.15, 0.2) is 60.0 Å². The van der Waals surface area contributed by atoms with Crippen LogP contribution in [0.1, 0.15) is 21.5 Å². The molecule has 0 aliphatic heterocycles. The number of hydrogen-bond acceptors (Lipinski definition) is 7. The fourth-order valence-corrected chi connectivity index (χ4v) is 2.59. The number of nitro groups is 1. The van der Waals surface area contributed by atoms with Gasteiger partial charge in [-0.2, -0.15) is 10.2 Å². The van der Waals surface area contributed by atoms with Gasteiger partial charge in [-0.25, -0.2) is 5.43 Å². The van der Waals surface area contributed by atoms with Crippen molar-refractivity contribution in [3.05, 3.63) is 81.7 Å². The number of benzene rings is 2. The second-order valence-corrected chi connectivity index (χ2v) is 5.92. The molecule has 1 N–H and O–H groups in total. The number of aromatic nitrogens is 2. The molecule has 2 aromatic carbocycles. The Hall–Kier alpha value is -4.21. The predicted molar refractivity (Wildman–Crippen MR) is 102 cm³/mol. The lowest BCUT2D eigenvalue weighted by Gasteiger charge is -2.11. The number of carbonyl (C=O) groups excluding carboxylic acids is 1. The fourth-order valence-electron chi connectivity index (χ4n) is 2.59. The highest BCUT2D eigenvalue weighted by Crippen LogP contribution is 2.21. The number of rotatable bonds is 7. The number of nitrogens with zero attached hydrogens (tertiary/aromatic N) is 4. The van der Waals surface area contributed by atoms with Gasteiger partial charge < -0.3 is 9.84 Å². The van der Waals surface area contributed by atoms with E-state index in [9.17, 15) is 20.0 Å². The lowest BCUT2D eigenvalue weighted by molar-refractivity contribution is -0.385. The Labute approximate surface area is 165 Å². The molecule has 3 aromatic rings. The highest BCUT2D eigenvalue weighted by atomic mass is 16.6. The van der Waals surface area contributed by atoms with Crippen molar-refractivity contribution in [1.29, 1.82) is 0 Å². The van der Waals surface area contributed by atoms with E-state index in [2.05, 4.69) is 15.6 Å². The fraction of sp³-hybridized carbons (Fsp3) is 0.105. The second kappa shape index (κ2) is 8.65. The quantitative estimate of drug-likeness (QED) is 0.368. The molecular formula is C19H16N5O5-. The maximum atomic E-state index is 12.0. The molecule has 0 radical (unpaired) electrons. The lowest BCUT2D eigenvalue weighted by atomic mass is 10.1. The van der Waals surface area contributed by atoms with Crippen LogP contribution >= 0.6 is 0 Å². The maximum absolute atomic E-state index is 12.0. The van der Waals surface area contributed by atoms with Gasteiger partial charge in [0.2, 0.25) is 0 Å². The van der Waals surface area contributed by atoms with Gasteiger partial charge in [0.05, 0.1) is 24.8 Å². The van der Waals surface area contributed by atoms with Gasteiger partial charge >= 0.3 is 5.69 Å². The molecule has 0 saturated heterocycles. The number of amides is 1. The third-order valence-electron chi connectivity index (χ3n) is 3.98. The molecule has 0 spiro atoms. The summed E-state index contributed by atoms with van der Waals surface area (Å²) in [5, 5.41) is 30.3. The highest BCUT2D eigenvalue weighted by Gasteiger charge is 2.11. The molecule has 1 amide bonds. The van der Waals surface area contributed by atoms with Gasteiger partial charge in [0.25, 0.3) is 5.91 Å². The van der Waals surface area contributed by atoms with Crippen LogP contribution in [0.3, 0.4) is 0 Å². The van der Waals surface area contributed by atoms with Crippen molar-refractivity contribution >= 4 is 17.8 Å². The zero-order valence-electron chi connectivity index (χ0n) is 15.3. The van der Waals surface area contributed by atoms with E-state index in [1.807, 2.05) is 0 Å². The first-order valence-electron chi connectivity index (χ1n) is 8.41.